The average molecular weight is 267 g/mol. The van der Waals surface area contributed by atoms with E-state index in [1.807, 2.05) is 0 Å². The van der Waals surface area contributed by atoms with Gasteiger partial charge in [0, 0.05) is 30.6 Å². The lowest BCUT2D eigenvalue weighted by Crippen LogP contribution is -2.24. The van der Waals surface area contributed by atoms with Crippen molar-refractivity contribution in [1.29, 1.82) is 0 Å². The lowest BCUT2D eigenvalue weighted by molar-refractivity contribution is 0.0569. The Bertz CT molecular complexity index is 560. The van der Waals surface area contributed by atoms with Crippen LogP contribution < -0.4 is 0 Å². The third kappa shape index (κ3) is 2.83. The zero-order valence-electron chi connectivity index (χ0n) is 9.77. The Morgan fingerprint density at radius 1 is 1.33 bits per heavy atom. The fourth-order valence-corrected chi connectivity index (χ4v) is 1.91. The summed E-state index contributed by atoms with van der Waals surface area (Å²) in [5.74, 6) is -0.478. The SMILES string of the molecule is CC(O)(Cc1ccncc1Cl)c1cncc(F)c1. The molecule has 0 radical (unpaired) electrons. The van der Waals surface area contributed by atoms with E-state index in [2.05, 4.69) is 9.97 Å². The first-order valence-corrected chi connectivity index (χ1v) is 5.78. The summed E-state index contributed by atoms with van der Waals surface area (Å²) < 4.78 is 13.1. The van der Waals surface area contributed by atoms with Crippen molar-refractivity contribution in [2.75, 3.05) is 0 Å². The van der Waals surface area contributed by atoms with Crippen molar-refractivity contribution in [2.45, 2.75) is 18.9 Å². The molecule has 1 atom stereocenters. The summed E-state index contributed by atoms with van der Waals surface area (Å²) in [6.07, 6.45) is 5.91. The van der Waals surface area contributed by atoms with Gasteiger partial charge in [0.1, 0.15) is 5.82 Å². The first kappa shape index (κ1) is 12.9. The second-order valence-electron chi connectivity index (χ2n) is 4.31. The molecule has 2 aromatic heterocycles. The van der Waals surface area contributed by atoms with Gasteiger partial charge < -0.3 is 5.11 Å². The van der Waals surface area contributed by atoms with Crippen molar-refractivity contribution in [1.82, 2.24) is 9.97 Å². The smallest absolute Gasteiger partial charge is 0.141 e. The molecule has 94 valence electrons. The van der Waals surface area contributed by atoms with Crippen LogP contribution in [0.2, 0.25) is 5.02 Å². The van der Waals surface area contributed by atoms with Gasteiger partial charge in [-0.25, -0.2) is 4.39 Å². The predicted molar refractivity (Wildman–Crippen MR) is 66.7 cm³/mol. The van der Waals surface area contributed by atoms with Crippen LogP contribution in [-0.4, -0.2) is 15.1 Å². The second kappa shape index (κ2) is 5.00. The highest BCUT2D eigenvalue weighted by atomic mass is 35.5. The minimum absolute atomic E-state index is 0.263. The molecule has 0 saturated carbocycles. The molecular formula is C13H12ClFN2O. The van der Waals surface area contributed by atoms with E-state index in [0.29, 0.717) is 10.6 Å². The van der Waals surface area contributed by atoms with Gasteiger partial charge in [0.25, 0.3) is 0 Å². The summed E-state index contributed by atoms with van der Waals surface area (Å²) >= 11 is 5.99. The lowest BCUT2D eigenvalue weighted by Gasteiger charge is -2.24. The van der Waals surface area contributed by atoms with Gasteiger partial charge in [0.15, 0.2) is 0 Å². The van der Waals surface area contributed by atoms with Gasteiger partial charge >= 0.3 is 0 Å². The molecule has 0 fully saturated rings. The maximum Gasteiger partial charge on any atom is 0.141 e. The van der Waals surface area contributed by atoms with Crippen LogP contribution in [0.5, 0.6) is 0 Å². The van der Waals surface area contributed by atoms with Crippen LogP contribution in [0.1, 0.15) is 18.1 Å². The third-order valence-electron chi connectivity index (χ3n) is 2.72. The minimum Gasteiger partial charge on any atom is -0.385 e. The Morgan fingerprint density at radius 2 is 2.11 bits per heavy atom. The highest BCUT2D eigenvalue weighted by Crippen LogP contribution is 2.27. The van der Waals surface area contributed by atoms with Crippen molar-refractivity contribution in [3.63, 3.8) is 0 Å². The van der Waals surface area contributed by atoms with Crippen LogP contribution >= 0.6 is 11.6 Å². The van der Waals surface area contributed by atoms with Gasteiger partial charge in [-0.15, -0.1) is 0 Å². The maximum absolute atomic E-state index is 13.1. The number of hydrogen-bond donors (Lipinski definition) is 1. The Balaban J connectivity index is 2.30. The summed E-state index contributed by atoms with van der Waals surface area (Å²) in [5, 5.41) is 10.9. The summed E-state index contributed by atoms with van der Waals surface area (Å²) in [4.78, 5) is 7.61. The summed E-state index contributed by atoms with van der Waals surface area (Å²) in [5.41, 5.74) is -0.0728. The van der Waals surface area contributed by atoms with E-state index in [-0.39, 0.29) is 6.42 Å². The summed E-state index contributed by atoms with van der Waals surface area (Å²) in [7, 11) is 0. The number of aliphatic hydroxyl groups is 1. The Morgan fingerprint density at radius 3 is 2.78 bits per heavy atom. The molecule has 0 spiro atoms. The molecule has 0 aromatic carbocycles. The molecule has 0 saturated heterocycles. The van der Waals surface area contributed by atoms with E-state index in [1.54, 1.807) is 19.2 Å². The second-order valence-corrected chi connectivity index (χ2v) is 4.72. The average Bonchev–Trinajstić information content (AvgIpc) is 2.32. The van der Waals surface area contributed by atoms with E-state index in [0.717, 1.165) is 11.8 Å². The quantitative estimate of drug-likeness (QED) is 0.929. The van der Waals surface area contributed by atoms with E-state index >= 15 is 0 Å². The first-order chi connectivity index (χ1) is 8.49. The zero-order chi connectivity index (χ0) is 13.2. The molecular weight excluding hydrogens is 255 g/mol. The fraction of sp³-hybridized carbons (Fsp3) is 0.231. The largest absolute Gasteiger partial charge is 0.385 e. The van der Waals surface area contributed by atoms with Crippen molar-refractivity contribution in [3.8, 4) is 0 Å². The van der Waals surface area contributed by atoms with E-state index in [9.17, 15) is 9.50 Å². The molecule has 0 aliphatic rings. The number of nitrogens with zero attached hydrogens (tertiary/aromatic N) is 2. The Kier molecular flexibility index (Phi) is 3.59. The monoisotopic (exact) mass is 266 g/mol. The molecule has 2 aromatic rings. The standard InChI is InChI=1S/C13H12ClFN2O/c1-13(18,10-4-11(15)7-17-6-10)5-9-2-3-16-8-12(9)14/h2-4,6-8,18H,5H2,1H3. The van der Waals surface area contributed by atoms with Gasteiger partial charge in [-0.3, -0.25) is 9.97 Å². The van der Waals surface area contributed by atoms with Crippen LogP contribution in [0.15, 0.2) is 36.9 Å². The van der Waals surface area contributed by atoms with Gasteiger partial charge in [-0.1, -0.05) is 11.6 Å². The molecule has 2 rings (SSSR count). The molecule has 18 heavy (non-hydrogen) atoms. The van der Waals surface area contributed by atoms with Crippen molar-refractivity contribution < 1.29 is 9.50 Å². The van der Waals surface area contributed by atoms with Crippen LogP contribution in [0, 0.1) is 5.82 Å². The number of pyridine rings is 2. The first-order valence-electron chi connectivity index (χ1n) is 5.41. The number of aromatic nitrogens is 2. The van der Waals surface area contributed by atoms with Crippen molar-refractivity contribution >= 4 is 11.6 Å². The summed E-state index contributed by atoms with van der Waals surface area (Å²) in [6.45, 7) is 1.60. The number of rotatable bonds is 3. The zero-order valence-corrected chi connectivity index (χ0v) is 10.5. The van der Waals surface area contributed by atoms with Crippen LogP contribution in [0.25, 0.3) is 0 Å². The lowest BCUT2D eigenvalue weighted by atomic mass is 9.90. The van der Waals surface area contributed by atoms with Gasteiger partial charge in [-0.2, -0.15) is 0 Å². The van der Waals surface area contributed by atoms with Gasteiger partial charge in [-0.05, 0) is 24.6 Å². The molecule has 0 amide bonds. The molecule has 3 nitrogen and oxygen atoms in total. The Labute approximate surface area is 109 Å². The molecule has 0 aliphatic heterocycles. The maximum atomic E-state index is 13.1. The van der Waals surface area contributed by atoms with Gasteiger partial charge in [0.2, 0.25) is 0 Å². The van der Waals surface area contributed by atoms with Crippen molar-refractivity contribution in [3.05, 3.63) is 58.9 Å². The molecule has 1 N–H and O–H groups in total. The van der Waals surface area contributed by atoms with Crippen LogP contribution in [0.4, 0.5) is 4.39 Å². The van der Waals surface area contributed by atoms with Crippen LogP contribution in [0.3, 0.4) is 0 Å². The highest BCUT2D eigenvalue weighted by molar-refractivity contribution is 6.31. The Hall–Kier alpha value is -1.52. The van der Waals surface area contributed by atoms with Crippen LogP contribution in [-0.2, 0) is 12.0 Å². The van der Waals surface area contributed by atoms with Crippen molar-refractivity contribution in [2.24, 2.45) is 0 Å². The molecule has 1 unspecified atom stereocenters. The molecule has 5 heteroatoms. The number of hydrogen-bond acceptors (Lipinski definition) is 3. The normalized spacial score (nSPS) is 14.2. The summed E-state index contributed by atoms with van der Waals surface area (Å²) in [6, 6.07) is 2.99. The third-order valence-corrected chi connectivity index (χ3v) is 3.06. The highest BCUT2D eigenvalue weighted by Gasteiger charge is 2.25. The fourth-order valence-electron chi connectivity index (χ4n) is 1.73. The van der Waals surface area contributed by atoms with E-state index in [1.165, 1.54) is 18.5 Å². The molecule has 0 bridgehead atoms. The number of halogens is 2. The molecule has 0 aliphatic carbocycles. The topological polar surface area (TPSA) is 46.0 Å². The van der Waals surface area contributed by atoms with Gasteiger partial charge in [0.05, 0.1) is 16.8 Å². The van der Waals surface area contributed by atoms with E-state index < -0.39 is 11.4 Å². The predicted octanol–water partition coefficient (Wildman–Crippen LogP) is 2.72. The van der Waals surface area contributed by atoms with E-state index in [4.69, 9.17) is 11.6 Å². The minimum atomic E-state index is -1.24. The molecule has 2 heterocycles.